The van der Waals surface area contributed by atoms with Gasteiger partial charge in [-0.25, -0.2) is 9.37 Å². The molecule has 1 unspecified atom stereocenters. The molecule has 6 nitrogen and oxygen atoms in total. The third kappa shape index (κ3) is 6.73. The van der Waals surface area contributed by atoms with Gasteiger partial charge in [0, 0.05) is 18.0 Å². The number of anilines is 1. The molecule has 1 saturated carbocycles. The van der Waals surface area contributed by atoms with Crippen LogP contribution in [0.15, 0.2) is 29.6 Å². The van der Waals surface area contributed by atoms with Crippen LogP contribution < -0.4 is 16.4 Å². The number of halogens is 3. The number of carbonyl (C=O) groups excluding carboxylic acids is 2. The van der Waals surface area contributed by atoms with Gasteiger partial charge in [0.2, 0.25) is 5.91 Å². The third-order valence-electron chi connectivity index (χ3n) is 3.99. The average molecular weight is 435 g/mol. The first-order valence-electron chi connectivity index (χ1n) is 8.05. The second-order valence-electron chi connectivity index (χ2n) is 6.06. The maximum atomic E-state index is 13.6. The largest absolute Gasteiger partial charge is 0.354 e. The van der Waals surface area contributed by atoms with Crippen LogP contribution in [0.1, 0.15) is 28.9 Å². The Morgan fingerprint density at radius 3 is 2.67 bits per heavy atom. The maximum absolute atomic E-state index is 13.6. The molecule has 148 valence electrons. The molecule has 1 aromatic heterocycles. The second kappa shape index (κ2) is 10.6. The van der Waals surface area contributed by atoms with Gasteiger partial charge in [0.25, 0.3) is 5.91 Å². The molecule has 1 atom stereocenters. The fraction of sp³-hybridized carbons (Fsp3) is 0.353. The summed E-state index contributed by atoms with van der Waals surface area (Å²) in [5.74, 6) is -0.796. The minimum Gasteiger partial charge on any atom is -0.354 e. The van der Waals surface area contributed by atoms with Crippen LogP contribution in [0.2, 0.25) is 0 Å². The molecule has 2 amide bonds. The Kier molecular flexibility index (Phi) is 9.11. The predicted octanol–water partition coefficient (Wildman–Crippen LogP) is 2.77. The van der Waals surface area contributed by atoms with E-state index in [0.717, 1.165) is 12.8 Å². The summed E-state index contributed by atoms with van der Waals surface area (Å²) in [6.07, 6.45) is 2.38. The molecule has 0 bridgehead atoms. The predicted molar refractivity (Wildman–Crippen MR) is 108 cm³/mol. The summed E-state index contributed by atoms with van der Waals surface area (Å²) in [6, 6.07) is 5.73. The van der Waals surface area contributed by atoms with Gasteiger partial charge in [-0.05, 0) is 30.9 Å². The van der Waals surface area contributed by atoms with Crippen LogP contribution >= 0.6 is 36.2 Å². The molecule has 1 heterocycles. The number of nitrogens with one attached hydrogen (secondary N) is 2. The van der Waals surface area contributed by atoms with Gasteiger partial charge in [-0.15, -0.1) is 36.2 Å². The molecule has 3 rings (SSSR count). The van der Waals surface area contributed by atoms with Crippen molar-refractivity contribution in [1.82, 2.24) is 10.3 Å². The van der Waals surface area contributed by atoms with Crippen molar-refractivity contribution >= 4 is 53.1 Å². The summed E-state index contributed by atoms with van der Waals surface area (Å²) < 4.78 is 13.6. The summed E-state index contributed by atoms with van der Waals surface area (Å²) in [7, 11) is 0. The molecule has 1 aliphatic carbocycles. The number of amides is 2. The molecule has 27 heavy (non-hydrogen) atoms. The van der Waals surface area contributed by atoms with E-state index in [4.69, 9.17) is 5.73 Å². The zero-order valence-corrected chi connectivity index (χ0v) is 16.8. The van der Waals surface area contributed by atoms with Crippen LogP contribution in [0.4, 0.5) is 9.52 Å². The fourth-order valence-corrected chi connectivity index (χ4v) is 3.11. The highest BCUT2D eigenvalue weighted by Gasteiger charge is 2.28. The molecule has 0 radical (unpaired) electrons. The lowest BCUT2D eigenvalue weighted by molar-refractivity contribution is -0.120. The van der Waals surface area contributed by atoms with Crippen LogP contribution in [0.3, 0.4) is 0 Å². The Morgan fingerprint density at radius 2 is 2.00 bits per heavy atom. The van der Waals surface area contributed by atoms with Crippen molar-refractivity contribution in [2.75, 3.05) is 11.9 Å². The van der Waals surface area contributed by atoms with Gasteiger partial charge in [0.15, 0.2) is 5.13 Å². The van der Waals surface area contributed by atoms with Crippen molar-refractivity contribution in [3.05, 3.63) is 46.7 Å². The van der Waals surface area contributed by atoms with Gasteiger partial charge in [0.1, 0.15) is 5.82 Å². The zero-order chi connectivity index (χ0) is 17.8. The minimum absolute atomic E-state index is 0. The van der Waals surface area contributed by atoms with E-state index in [-0.39, 0.29) is 48.7 Å². The molecule has 1 aromatic carbocycles. The SMILES string of the molecule is Cl.Cl.NC(CNC(=O)Cc1csc(NC(=O)c2ccccc2F)n1)C1CC1. The van der Waals surface area contributed by atoms with E-state index in [1.54, 1.807) is 11.4 Å². The Balaban J connectivity index is 0.00000182. The highest BCUT2D eigenvalue weighted by molar-refractivity contribution is 7.14. The highest BCUT2D eigenvalue weighted by atomic mass is 35.5. The number of benzene rings is 1. The zero-order valence-electron chi connectivity index (χ0n) is 14.3. The second-order valence-corrected chi connectivity index (χ2v) is 6.92. The lowest BCUT2D eigenvalue weighted by Crippen LogP contribution is -2.39. The molecule has 2 aromatic rings. The van der Waals surface area contributed by atoms with Gasteiger partial charge in [-0.1, -0.05) is 12.1 Å². The van der Waals surface area contributed by atoms with Crippen molar-refractivity contribution in [3.8, 4) is 0 Å². The molecular formula is C17H21Cl2FN4O2S. The average Bonchev–Trinajstić information content (AvgIpc) is 3.35. The Labute approximate surface area is 172 Å². The van der Waals surface area contributed by atoms with E-state index in [2.05, 4.69) is 15.6 Å². The molecule has 4 N–H and O–H groups in total. The van der Waals surface area contributed by atoms with E-state index in [0.29, 0.717) is 23.3 Å². The monoisotopic (exact) mass is 434 g/mol. The van der Waals surface area contributed by atoms with Crippen LogP contribution in [-0.4, -0.2) is 29.4 Å². The number of hydrogen-bond acceptors (Lipinski definition) is 5. The van der Waals surface area contributed by atoms with E-state index >= 15 is 0 Å². The molecule has 0 saturated heterocycles. The van der Waals surface area contributed by atoms with Crippen molar-refractivity contribution in [1.29, 1.82) is 0 Å². The van der Waals surface area contributed by atoms with Gasteiger partial charge < -0.3 is 11.1 Å². The van der Waals surface area contributed by atoms with Gasteiger partial charge in [-0.3, -0.25) is 14.9 Å². The van der Waals surface area contributed by atoms with Gasteiger partial charge >= 0.3 is 0 Å². The minimum atomic E-state index is -0.594. The maximum Gasteiger partial charge on any atom is 0.260 e. The molecule has 0 spiro atoms. The molecule has 10 heteroatoms. The lowest BCUT2D eigenvalue weighted by atomic mass is 10.2. The van der Waals surface area contributed by atoms with Crippen LogP contribution in [0.5, 0.6) is 0 Å². The van der Waals surface area contributed by atoms with Crippen LogP contribution in [-0.2, 0) is 11.2 Å². The van der Waals surface area contributed by atoms with E-state index in [9.17, 15) is 14.0 Å². The van der Waals surface area contributed by atoms with E-state index in [1.165, 1.54) is 29.5 Å². The number of rotatable bonds is 7. The number of nitrogens with two attached hydrogens (primary N) is 1. The fourth-order valence-electron chi connectivity index (χ4n) is 2.41. The first-order valence-corrected chi connectivity index (χ1v) is 8.93. The quantitative estimate of drug-likeness (QED) is 0.623. The van der Waals surface area contributed by atoms with E-state index < -0.39 is 11.7 Å². The highest BCUT2D eigenvalue weighted by Crippen LogP contribution is 2.31. The van der Waals surface area contributed by atoms with Crippen LogP contribution in [0, 0.1) is 11.7 Å². The number of aromatic nitrogens is 1. The topological polar surface area (TPSA) is 97.1 Å². The summed E-state index contributed by atoms with van der Waals surface area (Å²) in [5.41, 5.74) is 6.44. The molecule has 1 fully saturated rings. The third-order valence-corrected chi connectivity index (χ3v) is 4.80. The normalized spacial score (nSPS) is 13.7. The van der Waals surface area contributed by atoms with Crippen molar-refractivity contribution in [2.45, 2.75) is 25.3 Å². The number of nitrogens with zero attached hydrogens (tertiary/aromatic N) is 1. The first-order chi connectivity index (χ1) is 12.0. The first kappa shape index (κ1) is 23.3. The van der Waals surface area contributed by atoms with E-state index in [1.807, 2.05) is 0 Å². The van der Waals surface area contributed by atoms with Crippen molar-refractivity contribution in [2.24, 2.45) is 11.7 Å². The van der Waals surface area contributed by atoms with Crippen LogP contribution in [0.25, 0.3) is 0 Å². The Bertz CT molecular complexity index is 786. The number of thiazole rings is 1. The smallest absolute Gasteiger partial charge is 0.260 e. The van der Waals surface area contributed by atoms with Crippen molar-refractivity contribution < 1.29 is 14.0 Å². The molecule has 1 aliphatic rings. The summed E-state index contributed by atoms with van der Waals surface area (Å²) in [4.78, 5) is 28.1. The summed E-state index contributed by atoms with van der Waals surface area (Å²) >= 11 is 1.19. The lowest BCUT2D eigenvalue weighted by Gasteiger charge is -2.10. The molecule has 0 aliphatic heterocycles. The standard InChI is InChI=1S/C17H19FN4O2S.2ClH/c18-13-4-2-1-3-12(13)16(24)22-17-21-11(9-25-17)7-15(23)20-8-14(19)10-5-6-10;;/h1-4,9-10,14H,5-8,19H2,(H,20,23)(H,21,22,24);2*1H. The summed E-state index contributed by atoms with van der Waals surface area (Å²) in [5, 5.41) is 7.36. The number of carbonyl (C=O) groups is 2. The number of hydrogen-bond donors (Lipinski definition) is 3. The van der Waals surface area contributed by atoms with Gasteiger partial charge in [-0.2, -0.15) is 0 Å². The van der Waals surface area contributed by atoms with Gasteiger partial charge in [0.05, 0.1) is 17.7 Å². The molecular weight excluding hydrogens is 414 g/mol. The Hall–Kier alpha value is -1.74. The van der Waals surface area contributed by atoms with Crippen molar-refractivity contribution in [3.63, 3.8) is 0 Å². The summed E-state index contributed by atoms with van der Waals surface area (Å²) in [6.45, 7) is 0.463. The Morgan fingerprint density at radius 1 is 1.30 bits per heavy atom.